The largest absolute Gasteiger partial charge is 0.430 e. The Labute approximate surface area is 79.6 Å². The number of primary amides is 1. The smallest absolute Gasteiger partial charge is 0.406 e. The maximum atomic E-state index is 10.6. The Balaban J connectivity index is 4.49. The summed E-state index contributed by atoms with van der Waals surface area (Å²) < 4.78 is 4.87. The van der Waals surface area contributed by atoms with Crippen molar-refractivity contribution in [2.24, 2.45) is 11.1 Å². The first-order valence-corrected chi connectivity index (χ1v) is 4.15. The number of hydrogen-bond acceptors (Lipinski definition) is 2. The Hall–Kier alpha value is -1.17. The molecule has 0 bridgehead atoms. The first-order chi connectivity index (χ1) is 5.68. The summed E-state index contributed by atoms with van der Waals surface area (Å²) in [6.45, 7) is 7.75. The molecule has 3 nitrogen and oxygen atoms in total. The Morgan fingerprint density at radius 2 is 1.92 bits per heavy atom. The van der Waals surface area contributed by atoms with Gasteiger partial charge < -0.3 is 10.5 Å². The third-order valence-corrected chi connectivity index (χ3v) is 1.50. The molecule has 0 spiro atoms. The molecule has 0 radical (unpaired) electrons. The minimum atomic E-state index is -0.899. The second-order valence-corrected chi connectivity index (χ2v) is 4.53. The van der Waals surface area contributed by atoms with Crippen LogP contribution in [0.1, 0.15) is 34.1 Å². The Bertz CT molecular complexity index is 234. The second kappa shape index (κ2) is 3.69. The maximum Gasteiger partial charge on any atom is 0.406 e. The van der Waals surface area contributed by atoms with Crippen molar-refractivity contribution in [3.8, 4) is 12.3 Å². The molecule has 0 aromatic carbocycles. The van der Waals surface area contributed by atoms with Gasteiger partial charge in [-0.25, -0.2) is 4.79 Å². The minimum Gasteiger partial charge on any atom is -0.430 e. The summed E-state index contributed by atoms with van der Waals surface area (Å²) in [4.78, 5) is 10.6. The van der Waals surface area contributed by atoms with Crippen LogP contribution in [-0.4, -0.2) is 11.7 Å². The number of amides is 1. The van der Waals surface area contributed by atoms with Crippen LogP contribution in [0.2, 0.25) is 0 Å². The van der Waals surface area contributed by atoms with Crippen LogP contribution < -0.4 is 5.73 Å². The number of rotatable bonds is 2. The van der Waals surface area contributed by atoms with Gasteiger partial charge in [-0.15, -0.1) is 6.42 Å². The normalized spacial score (nSPS) is 15.6. The van der Waals surface area contributed by atoms with Crippen molar-refractivity contribution in [3.05, 3.63) is 0 Å². The molecule has 0 aliphatic carbocycles. The van der Waals surface area contributed by atoms with Crippen LogP contribution in [-0.2, 0) is 4.74 Å². The van der Waals surface area contributed by atoms with E-state index in [9.17, 15) is 4.79 Å². The molecular weight excluding hydrogens is 166 g/mol. The van der Waals surface area contributed by atoms with E-state index in [0.717, 1.165) is 0 Å². The third kappa shape index (κ3) is 5.13. The van der Waals surface area contributed by atoms with Gasteiger partial charge in [0.2, 0.25) is 0 Å². The Kier molecular flexibility index (Phi) is 3.36. The fraction of sp³-hybridized carbons (Fsp3) is 0.700. The van der Waals surface area contributed by atoms with Gasteiger partial charge in [-0.05, 0) is 12.3 Å². The Morgan fingerprint density at radius 3 is 2.15 bits per heavy atom. The number of carbonyl (C=O) groups excluding carboxylic acids is 1. The molecule has 0 aliphatic rings. The highest BCUT2D eigenvalue weighted by molar-refractivity contribution is 5.65. The monoisotopic (exact) mass is 183 g/mol. The summed E-state index contributed by atoms with van der Waals surface area (Å²) in [5.74, 6) is 2.44. The van der Waals surface area contributed by atoms with Gasteiger partial charge in [0.15, 0.2) is 5.60 Å². The summed E-state index contributed by atoms with van der Waals surface area (Å²) >= 11 is 0. The first kappa shape index (κ1) is 11.8. The molecule has 1 amide bonds. The van der Waals surface area contributed by atoms with Gasteiger partial charge in [-0.1, -0.05) is 26.7 Å². The van der Waals surface area contributed by atoms with E-state index in [4.69, 9.17) is 16.9 Å². The molecule has 0 rings (SSSR count). The van der Waals surface area contributed by atoms with E-state index in [0.29, 0.717) is 6.42 Å². The molecule has 3 heteroatoms. The van der Waals surface area contributed by atoms with Crippen molar-refractivity contribution in [2.45, 2.75) is 39.7 Å². The van der Waals surface area contributed by atoms with E-state index < -0.39 is 11.7 Å². The lowest BCUT2D eigenvalue weighted by atomic mass is 9.83. The van der Waals surface area contributed by atoms with Crippen LogP contribution in [0.25, 0.3) is 0 Å². The molecule has 0 heterocycles. The van der Waals surface area contributed by atoms with E-state index in [2.05, 4.69) is 5.92 Å². The molecular formula is C10H17NO2. The summed E-state index contributed by atoms with van der Waals surface area (Å²) in [6, 6.07) is 0. The first-order valence-electron chi connectivity index (χ1n) is 4.15. The molecule has 1 unspecified atom stereocenters. The van der Waals surface area contributed by atoms with Crippen molar-refractivity contribution >= 4 is 6.09 Å². The van der Waals surface area contributed by atoms with Crippen molar-refractivity contribution < 1.29 is 9.53 Å². The quantitative estimate of drug-likeness (QED) is 0.665. The molecule has 0 aliphatic heterocycles. The van der Waals surface area contributed by atoms with Gasteiger partial charge in [-0.2, -0.15) is 0 Å². The molecule has 0 saturated heterocycles. The molecule has 0 saturated carbocycles. The van der Waals surface area contributed by atoms with Gasteiger partial charge in [0.05, 0.1) is 0 Å². The van der Waals surface area contributed by atoms with Crippen LogP contribution in [0.15, 0.2) is 0 Å². The van der Waals surface area contributed by atoms with Gasteiger partial charge in [0.1, 0.15) is 0 Å². The highest BCUT2D eigenvalue weighted by atomic mass is 16.6. The van der Waals surface area contributed by atoms with Crippen molar-refractivity contribution in [2.75, 3.05) is 0 Å². The lowest BCUT2D eigenvalue weighted by molar-refractivity contribution is 0.0442. The lowest BCUT2D eigenvalue weighted by Crippen LogP contribution is -2.36. The molecule has 13 heavy (non-hydrogen) atoms. The number of ether oxygens (including phenoxy) is 1. The minimum absolute atomic E-state index is 0.00340. The van der Waals surface area contributed by atoms with Crippen LogP contribution in [0.4, 0.5) is 4.79 Å². The fourth-order valence-electron chi connectivity index (χ4n) is 1.35. The number of hydrogen-bond donors (Lipinski definition) is 1. The van der Waals surface area contributed by atoms with E-state index in [-0.39, 0.29) is 5.41 Å². The molecule has 74 valence electrons. The van der Waals surface area contributed by atoms with Crippen LogP contribution >= 0.6 is 0 Å². The maximum absolute atomic E-state index is 10.6. The highest BCUT2D eigenvalue weighted by Crippen LogP contribution is 2.29. The van der Waals surface area contributed by atoms with Gasteiger partial charge in [0, 0.05) is 6.42 Å². The van der Waals surface area contributed by atoms with E-state index in [1.165, 1.54) is 0 Å². The van der Waals surface area contributed by atoms with Gasteiger partial charge in [0.25, 0.3) is 0 Å². The van der Waals surface area contributed by atoms with Crippen LogP contribution in [0, 0.1) is 17.8 Å². The summed E-state index contributed by atoms with van der Waals surface area (Å²) in [7, 11) is 0. The van der Waals surface area contributed by atoms with Crippen LogP contribution in [0.3, 0.4) is 0 Å². The summed E-state index contributed by atoms with van der Waals surface area (Å²) in [5.41, 5.74) is 4.01. The topological polar surface area (TPSA) is 52.3 Å². The predicted molar refractivity (Wildman–Crippen MR) is 52.0 cm³/mol. The SMILES string of the molecule is C#CC(C)(CC(C)(C)C)OC(N)=O. The van der Waals surface area contributed by atoms with Crippen LogP contribution in [0.5, 0.6) is 0 Å². The average molecular weight is 183 g/mol. The standard InChI is InChI=1S/C10H17NO2/c1-6-10(5,13-8(11)12)7-9(2,3)4/h1H,7H2,2-5H3,(H2,11,12). The molecule has 1 atom stereocenters. The van der Waals surface area contributed by atoms with Crippen molar-refractivity contribution in [1.29, 1.82) is 0 Å². The highest BCUT2D eigenvalue weighted by Gasteiger charge is 2.31. The van der Waals surface area contributed by atoms with Crippen molar-refractivity contribution in [1.82, 2.24) is 0 Å². The summed E-state index contributed by atoms with van der Waals surface area (Å²) in [5, 5.41) is 0. The van der Waals surface area contributed by atoms with E-state index in [1.54, 1.807) is 6.92 Å². The number of nitrogens with two attached hydrogens (primary N) is 1. The number of carbonyl (C=O) groups is 1. The zero-order chi connectivity index (χ0) is 10.7. The fourth-order valence-corrected chi connectivity index (χ4v) is 1.35. The second-order valence-electron chi connectivity index (χ2n) is 4.53. The Morgan fingerprint density at radius 1 is 1.46 bits per heavy atom. The predicted octanol–water partition coefficient (Wildman–Crippen LogP) is 1.91. The van der Waals surface area contributed by atoms with Gasteiger partial charge in [-0.3, -0.25) is 0 Å². The molecule has 0 aromatic heterocycles. The molecule has 2 N–H and O–H groups in total. The third-order valence-electron chi connectivity index (χ3n) is 1.50. The zero-order valence-corrected chi connectivity index (χ0v) is 8.68. The van der Waals surface area contributed by atoms with E-state index in [1.807, 2.05) is 20.8 Å². The summed E-state index contributed by atoms with van der Waals surface area (Å²) in [6.07, 6.45) is 5.03. The van der Waals surface area contributed by atoms with E-state index >= 15 is 0 Å². The molecule has 0 aromatic rings. The molecule has 0 fully saturated rings. The van der Waals surface area contributed by atoms with Crippen molar-refractivity contribution in [3.63, 3.8) is 0 Å². The van der Waals surface area contributed by atoms with Gasteiger partial charge >= 0.3 is 6.09 Å². The average Bonchev–Trinajstić information content (AvgIpc) is 1.81. The lowest BCUT2D eigenvalue weighted by Gasteiger charge is -2.30. The zero-order valence-electron chi connectivity index (χ0n) is 8.68. The number of terminal acetylenes is 1.